The third-order valence-corrected chi connectivity index (χ3v) is 8.98. The molecular formula is C32H30F7N5O. The van der Waals surface area contributed by atoms with E-state index in [1.165, 1.54) is 18.8 Å². The van der Waals surface area contributed by atoms with Gasteiger partial charge in [-0.25, -0.2) is 4.39 Å². The van der Waals surface area contributed by atoms with Crippen LogP contribution in [0, 0.1) is 0 Å². The number of aromatic nitrogens is 4. The van der Waals surface area contributed by atoms with E-state index in [1.54, 1.807) is 12.1 Å². The molecule has 1 aromatic heterocycles. The van der Waals surface area contributed by atoms with Crippen LogP contribution < -0.4 is 0 Å². The third kappa shape index (κ3) is 5.60. The fourth-order valence-electron chi connectivity index (χ4n) is 6.98. The van der Waals surface area contributed by atoms with Crippen molar-refractivity contribution in [3.05, 3.63) is 113 Å². The summed E-state index contributed by atoms with van der Waals surface area (Å²) in [7, 11) is 1.54. The summed E-state index contributed by atoms with van der Waals surface area (Å²) in [6, 6.07) is 19.2. The lowest BCUT2D eigenvalue weighted by Gasteiger charge is -2.50. The van der Waals surface area contributed by atoms with Gasteiger partial charge in [0.15, 0.2) is 5.67 Å². The van der Waals surface area contributed by atoms with Crippen LogP contribution in [0.15, 0.2) is 78.9 Å². The zero-order chi connectivity index (χ0) is 32.2. The molecule has 45 heavy (non-hydrogen) atoms. The number of rotatable bonds is 7. The van der Waals surface area contributed by atoms with Crippen LogP contribution in [0.4, 0.5) is 30.7 Å². The zero-order valence-corrected chi connectivity index (χ0v) is 24.4. The number of tetrazole rings is 1. The summed E-state index contributed by atoms with van der Waals surface area (Å²) >= 11 is 0. The van der Waals surface area contributed by atoms with E-state index in [-0.39, 0.29) is 36.7 Å². The maximum absolute atomic E-state index is 17.6. The van der Waals surface area contributed by atoms with Gasteiger partial charge in [-0.3, -0.25) is 4.90 Å². The summed E-state index contributed by atoms with van der Waals surface area (Å²) in [6.07, 6.45) is -11.6. The Bertz CT molecular complexity index is 1610. The summed E-state index contributed by atoms with van der Waals surface area (Å²) < 4.78 is 106. The average Bonchev–Trinajstić information content (AvgIpc) is 3.51. The van der Waals surface area contributed by atoms with Crippen LogP contribution in [-0.2, 0) is 41.9 Å². The summed E-state index contributed by atoms with van der Waals surface area (Å²) in [5, 5.41) is 12.1. The Morgan fingerprint density at radius 2 is 1.49 bits per heavy atom. The van der Waals surface area contributed by atoms with Crippen molar-refractivity contribution in [2.45, 2.75) is 74.5 Å². The number of piperidine rings is 1. The molecule has 13 heteroatoms. The van der Waals surface area contributed by atoms with Crippen molar-refractivity contribution in [3.8, 4) is 0 Å². The first-order valence-electron chi connectivity index (χ1n) is 14.5. The van der Waals surface area contributed by atoms with Gasteiger partial charge in [-0.05, 0) is 59.9 Å². The second-order valence-corrected chi connectivity index (χ2v) is 11.7. The summed E-state index contributed by atoms with van der Waals surface area (Å²) in [5.74, 6) is -0.0905. The molecule has 238 valence electrons. The summed E-state index contributed by atoms with van der Waals surface area (Å²) in [4.78, 5) is 3.18. The Morgan fingerprint density at radius 1 is 0.889 bits per heavy atom. The number of benzene rings is 3. The van der Waals surface area contributed by atoms with E-state index in [4.69, 9.17) is 4.74 Å². The zero-order valence-electron chi connectivity index (χ0n) is 24.4. The molecular weight excluding hydrogens is 603 g/mol. The predicted octanol–water partition coefficient (Wildman–Crippen LogP) is 7.52. The second-order valence-electron chi connectivity index (χ2n) is 11.7. The minimum atomic E-state index is -5.01. The van der Waals surface area contributed by atoms with Crippen molar-refractivity contribution in [3.63, 3.8) is 0 Å². The van der Waals surface area contributed by atoms with Gasteiger partial charge in [0.1, 0.15) is 0 Å². The minimum Gasteiger partial charge on any atom is -0.368 e. The van der Waals surface area contributed by atoms with Crippen LogP contribution in [0.1, 0.15) is 65.9 Å². The third-order valence-electron chi connectivity index (χ3n) is 8.98. The van der Waals surface area contributed by atoms with E-state index in [0.29, 0.717) is 24.2 Å². The molecule has 2 saturated heterocycles. The quantitative estimate of drug-likeness (QED) is 0.197. The maximum atomic E-state index is 17.6. The molecule has 0 aliphatic carbocycles. The van der Waals surface area contributed by atoms with Crippen molar-refractivity contribution in [1.82, 2.24) is 25.1 Å². The molecule has 0 amide bonds. The van der Waals surface area contributed by atoms with Crippen molar-refractivity contribution >= 4 is 0 Å². The van der Waals surface area contributed by atoms with Gasteiger partial charge in [-0.15, -0.1) is 10.2 Å². The van der Waals surface area contributed by atoms with Crippen molar-refractivity contribution < 1.29 is 35.5 Å². The Hall–Kier alpha value is -3.84. The maximum Gasteiger partial charge on any atom is 0.416 e. The van der Waals surface area contributed by atoms with E-state index in [0.717, 1.165) is 5.56 Å². The number of hydrogen-bond acceptors (Lipinski definition) is 5. The molecule has 3 heterocycles. The van der Waals surface area contributed by atoms with Gasteiger partial charge in [-0.1, -0.05) is 60.7 Å². The first kappa shape index (κ1) is 31.2. The molecule has 2 fully saturated rings. The summed E-state index contributed by atoms with van der Waals surface area (Å²) in [5.41, 5.74) is -4.81. The lowest BCUT2D eigenvalue weighted by atomic mass is 9.77. The molecule has 4 aromatic rings. The fourth-order valence-corrected chi connectivity index (χ4v) is 6.98. The molecule has 5 unspecified atom stereocenters. The van der Waals surface area contributed by atoms with E-state index < -0.39 is 52.9 Å². The molecule has 5 atom stereocenters. The Labute approximate surface area is 254 Å². The van der Waals surface area contributed by atoms with Gasteiger partial charge in [0.05, 0.1) is 42.0 Å². The standard InChI is InChI=1S/C32H30F7N5O/c1-20(22-15-24(31(34,35)36)17-25(16-22)32(37,38)39)45-27-14-13-26-29(33,28-40-42-43(2)41-28)19-30(27,23-11-7-4-8-12-23)44(26)18-21-9-5-3-6-10-21/h3-12,15-17,20,26-27H,13-14,18-19H2,1-2H3. The van der Waals surface area contributed by atoms with E-state index in [1.807, 2.05) is 53.4 Å². The van der Waals surface area contributed by atoms with Gasteiger partial charge < -0.3 is 4.74 Å². The highest BCUT2D eigenvalue weighted by Gasteiger charge is 2.68. The monoisotopic (exact) mass is 633 g/mol. The van der Waals surface area contributed by atoms with Crippen molar-refractivity contribution in [2.24, 2.45) is 7.05 Å². The minimum absolute atomic E-state index is 0.0905. The topological polar surface area (TPSA) is 56.1 Å². The molecule has 6 rings (SSSR count). The molecule has 6 nitrogen and oxygen atoms in total. The molecule has 0 N–H and O–H groups in total. The molecule has 0 spiro atoms. The Morgan fingerprint density at radius 3 is 2.04 bits per heavy atom. The average molecular weight is 634 g/mol. The molecule has 0 radical (unpaired) electrons. The largest absolute Gasteiger partial charge is 0.416 e. The van der Waals surface area contributed by atoms with Gasteiger partial charge in [0, 0.05) is 13.0 Å². The van der Waals surface area contributed by atoms with Crippen LogP contribution in [0.5, 0.6) is 0 Å². The van der Waals surface area contributed by atoms with Gasteiger partial charge in [-0.2, -0.15) is 31.1 Å². The van der Waals surface area contributed by atoms with Gasteiger partial charge in [0.25, 0.3) is 0 Å². The number of fused-ring (bicyclic) bond motifs is 2. The SMILES string of the molecule is CC(OC1CCC2N(Cc3ccccc3)C1(c1ccccc1)CC2(F)c1nnn(C)n1)c1cc(C(F)(F)F)cc(C(F)(F)F)c1. The highest BCUT2D eigenvalue weighted by molar-refractivity contribution is 5.37. The number of nitrogens with zero attached hydrogens (tertiary/aromatic N) is 5. The number of hydrogen-bond donors (Lipinski definition) is 0. The molecule has 2 aliphatic heterocycles. The number of alkyl halides is 7. The predicted molar refractivity (Wildman–Crippen MR) is 149 cm³/mol. The fraction of sp³-hybridized carbons (Fsp3) is 0.406. The number of ether oxygens (including phenoxy) is 1. The molecule has 3 aromatic carbocycles. The molecule has 2 bridgehead atoms. The van der Waals surface area contributed by atoms with E-state index >= 15 is 4.39 Å². The van der Waals surface area contributed by atoms with Gasteiger partial charge in [0.2, 0.25) is 5.82 Å². The van der Waals surface area contributed by atoms with Crippen LogP contribution in [0.25, 0.3) is 0 Å². The van der Waals surface area contributed by atoms with Gasteiger partial charge >= 0.3 is 12.4 Å². The van der Waals surface area contributed by atoms with Crippen LogP contribution in [0.2, 0.25) is 0 Å². The second kappa shape index (κ2) is 11.2. The highest BCUT2D eigenvalue weighted by Crippen LogP contribution is 2.61. The molecule has 2 aliphatic rings. The van der Waals surface area contributed by atoms with Crippen molar-refractivity contribution in [1.29, 1.82) is 0 Å². The lowest BCUT2D eigenvalue weighted by Crippen LogP contribution is -2.57. The van der Waals surface area contributed by atoms with Crippen LogP contribution >= 0.6 is 0 Å². The first-order valence-corrected chi connectivity index (χ1v) is 14.5. The number of halogens is 7. The first-order chi connectivity index (χ1) is 21.2. The van der Waals surface area contributed by atoms with E-state index in [9.17, 15) is 26.3 Å². The van der Waals surface area contributed by atoms with Crippen LogP contribution in [-0.4, -0.2) is 37.3 Å². The van der Waals surface area contributed by atoms with E-state index in [2.05, 4.69) is 15.4 Å². The normalized spacial score (nSPS) is 26.2. The highest BCUT2D eigenvalue weighted by atomic mass is 19.4. The Balaban J connectivity index is 1.47. The smallest absolute Gasteiger partial charge is 0.368 e. The summed E-state index contributed by atoms with van der Waals surface area (Å²) in [6.45, 7) is 1.71. The van der Waals surface area contributed by atoms with Crippen LogP contribution in [0.3, 0.4) is 0 Å². The van der Waals surface area contributed by atoms with Crippen molar-refractivity contribution in [2.75, 3.05) is 0 Å². The Kier molecular flexibility index (Phi) is 7.75. The number of aryl methyl sites for hydroxylation is 1. The lowest BCUT2D eigenvalue weighted by molar-refractivity contribution is -0.144. The molecule has 0 saturated carbocycles.